The largest absolute Gasteiger partial charge is 0.756 e. The van der Waals surface area contributed by atoms with Gasteiger partial charge in [0.05, 0.1) is 20.7 Å². The fourth-order valence-corrected chi connectivity index (χ4v) is 4.61. The van der Waals surface area contributed by atoms with E-state index in [0.717, 1.165) is 32.1 Å². The van der Waals surface area contributed by atoms with Crippen LogP contribution in [0.25, 0.3) is 0 Å². The fraction of sp³-hybridized carbons (Fsp3) is 1.00. The first kappa shape index (κ1) is 29.1. The van der Waals surface area contributed by atoms with Crippen LogP contribution in [-0.2, 0) is 13.6 Å². The van der Waals surface area contributed by atoms with Crippen molar-refractivity contribution in [2.45, 2.75) is 123 Å². The first-order valence-electron chi connectivity index (χ1n) is 12.3. The summed E-state index contributed by atoms with van der Waals surface area (Å²) in [5.74, 6) is 0. The van der Waals surface area contributed by atoms with Crippen molar-refractivity contribution >= 4 is 7.82 Å². The minimum absolute atomic E-state index is 0.243. The van der Waals surface area contributed by atoms with Gasteiger partial charge in [-0.1, -0.05) is 104 Å². The summed E-state index contributed by atoms with van der Waals surface area (Å²) in [7, 11) is -0.190. The predicted octanol–water partition coefficient (Wildman–Crippen LogP) is 5.28. The summed E-state index contributed by atoms with van der Waals surface area (Å²) in [6.07, 6.45) is 19.3. The lowest BCUT2D eigenvalue weighted by Gasteiger charge is -2.28. The Labute approximate surface area is 181 Å². The van der Waals surface area contributed by atoms with Crippen molar-refractivity contribution in [3.8, 4) is 0 Å². The molecule has 0 aliphatic rings. The number of phosphoric ester groups is 1. The Morgan fingerprint density at radius 2 is 1.21 bits per heavy atom. The molecular weight excluding hydrogens is 385 g/mol. The molecule has 0 rings (SSSR count). The third-order valence-corrected chi connectivity index (χ3v) is 6.33. The molecule has 0 aliphatic heterocycles. The number of hydrogen-bond acceptors (Lipinski definition) is 4. The van der Waals surface area contributed by atoms with Gasteiger partial charge in [0.2, 0.25) is 0 Å². The number of phosphoric acid groups is 1. The molecule has 0 aromatic rings. The molecule has 5 nitrogen and oxygen atoms in total. The van der Waals surface area contributed by atoms with Gasteiger partial charge in [0.15, 0.2) is 0 Å². The minimum atomic E-state index is -4.18. The molecule has 2 atom stereocenters. The minimum Gasteiger partial charge on any atom is -0.756 e. The number of unbranched alkanes of at least 4 members (excludes halogenated alkanes) is 13. The Hall–Kier alpha value is 0.0700. The highest BCUT2D eigenvalue weighted by atomic mass is 31.2. The normalized spacial score (nSPS) is 15.0. The Morgan fingerprint density at radius 1 is 0.759 bits per heavy atom. The molecule has 0 spiro atoms. The van der Waals surface area contributed by atoms with Gasteiger partial charge < -0.3 is 18.8 Å². The van der Waals surface area contributed by atoms with Crippen molar-refractivity contribution in [1.29, 1.82) is 0 Å². The van der Waals surface area contributed by atoms with Gasteiger partial charge in [0, 0.05) is 0 Å². The van der Waals surface area contributed by atoms with Gasteiger partial charge in [-0.3, -0.25) is 4.57 Å². The number of likely N-dealkylation sites (N-methyl/N-ethyl adjacent to an activating group) is 1. The van der Waals surface area contributed by atoms with Crippen LogP contribution in [0.5, 0.6) is 0 Å². The maximum absolute atomic E-state index is 12.0. The number of hydrogen-bond donors (Lipinski definition) is 1. The van der Waals surface area contributed by atoms with Crippen LogP contribution < -0.4 is 9.79 Å². The molecule has 1 N–H and O–H groups in total. The van der Waals surface area contributed by atoms with Crippen molar-refractivity contribution in [2.75, 3.05) is 27.2 Å². The van der Waals surface area contributed by atoms with Gasteiger partial charge in [-0.15, -0.1) is 0 Å². The van der Waals surface area contributed by atoms with Crippen LogP contribution in [0.15, 0.2) is 0 Å². The molecule has 0 fully saturated rings. The highest BCUT2D eigenvalue weighted by Crippen LogP contribution is 2.40. The SMILES string of the molecule is CCCCCCCCCCCCCCCCOP(=O)([O-])OC(CCC)C[NH+](C)C. The number of nitrogens with one attached hydrogen (secondary N) is 1. The standard InChI is InChI=1S/C23H50NO4P/c1-5-7-8-9-10-11-12-13-14-15-16-17-18-19-21-27-29(25,26)28-23(20-6-2)22-24(3)4/h23H,5-22H2,1-4H3,(H,25,26). The molecule has 29 heavy (non-hydrogen) atoms. The molecule has 0 saturated heterocycles. The third-order valence-electron chi connectivity index (χ3n) is 5.27. The van der Waals surface area contributed by atoms with Gasteiger partial charge >= 0.3 is 0 Å². The Morgan fingerprint density at radius 3 is 1.62 bits per heavy atom. The lowest BCUT2D eigenvalue weighted by atomic mass is 10.0. The molecule has 0 heterocycles. The van der Waals surface area contributed by atoms with E-state index in [1.165, 1.54) is 75.5 Å². The summed E-state index contributed by atoms with van der Waals surface area (Å²) < 4.78 is 22.3. The fourth-order valence-electron chi connectivity index (χ4n) is 3.66. The lowest BCUT2D eigenvalue weighted by Crippen LogP contribution is -3.07. The molecule has 2 unspecified atom stereocenters. The van der Waals surface area contributed by atoms with Crippen molar-refractivity contribution in [3.63, 3.8) is 0 Å². The van der Waals surface area contributed by atoms with Gasteiger partial charge in [0.25, 0.3) is 7.82 Å². The van der Waals surface area contributed by atoms with E-state index in [0.29, 0.717) is 6.54 Å². The van der Waals surface area contributed by atoms with E-state index in [2.05, 4.69) is 6.92 Å². The maximum atomic E-state index is 12.0. The zero-order chi connectivity index (χ0) is 21.8. The van der Waals surface area contributed by atoms with Crippen LogP contribution >= 0.6 is 7.82 Å². The van der Waals surface area contributed by atoms with Crippen molar-refractivity contribution in [1.82, 2.24) is 0 Å². The van der Waals surface area contributed by atoms with Gasteiger partial charge in [0.1, 0.15) is 12.6 Å². The van der Waals surface area contributed by atoms with Crippen LogP contribution in [-0.4, -0.2) is 33.4 Å². The molecule has 176 valence electrons. The highest BCUT2D eigenvalue weighted by Gasteiger charge is 2.20. The topological polar surface area (TPSA) is 63.0 Å². The molecule has 0 bridgehead atoms. The van der Waals surface area contributed by atoms with E-state index in [-0.39, 0.29) is 12.7 Å². The average molecular weight is 436 g/mol. The van der Waals surface area contributed by atoms with E-state index < -0.39 is 7.82 Å². The molecule has 0 amide bonds. The van der Waals surface area contributed by atoms with Gasteiger partial charge in [-0.05, 0) is 12.8 Å². The van der Waals surface area contributed by atoms with Crippen LogP contribution in [0, 0.1) is 0 Å². The van der Waals surface area contributed by atoms with Gasteiger partial charge in [-0.2, -0.15) is 0 Å². The summed E-state index contributed by atoms with van der Waals surface area (Å²) in [4.78, 5) is 13.2. The smallest absolute Gasteiger partial charge is 0.268 e. The first-order chi connectivity index (χ1) is 13.9. The van der Waals surface area contributed by atoms with E-state index >= 15 is 0 Å². The van der Waals surface area contributed by atoms with E-state index in [1.807, 2.05) is 21.0 Å². The summed E-state index contributed by atoms with van der Waals surface area (Å²) >= 11 is 0. The Kier molecular flexibility index (Phi) is 20.0. The third kappa shape index (κ3) is 21.1. The van der Waals surface area contributed by atoms with Crippen molar-refractivity contribution in [3.05, 3.63) is 0 Å². The van der Waals surface area contributed by atoms with E-state index in [4.69, 9.17) is 9.05 Å². The number of rotatable bonds is 22. The quantitative estimate of drug-likeness (QED) is 0.186. The predicted molar refractivity (Wildman–Crippen MR) is 121 cm³/mol. The van der Waals surface area contributed by atoms with Crippen LogP contribution in [0.1, 0.15) is 117 Å². The summed E-state index contributed by atoms with van der Waals surface area (Å²) in [5, 5.41) is 0. The van der Waals surface area contributed by atoms with Gasteiger partial charge in [-0.25, -0.2) is 0 Å². The van der Waals surface area contributed by atoms with Crippen molar-refractivity contribution in [2.24, 2.45) is 0 Å². The zero-order valence-electron chi connectivity index (χ0n) is 19.9. The lowest BCUT2D eigenvalue weighted by molar-refractivity contribution is -0.861. The summed E-state index contributed by atoms with van der Waals surface area (Å²) in [6.45, 7) is 5.21. The van der Waals surface area contributed by atoms with Crippen LogP contribution in [0.4, 0.5) is 0 Å². The summed E-state index contributed by atoms with van der Waals surface area (Å²) in [6, 6.07) is 0. The van der Waals surface area contributed by atoms with Crippen molar-refractivity contribution < 1.29 is 23.4 Å². The number of quaternary nitrogens is 1. The Balaban J connectivity index is 3.53. The molecule has 0 aromatic heterocycles. The first-order valence-corrected chi connectivity index (χ1v) is 13.8. The molecular formula is C23H50NO4P. The molecule has 0 aromatic carbocycles. The maximum Gasteiger partial charge on any atom is 0.268 e. The second-order valence-electron chi connectivity index (χ2n) is 8.80. The molecule has 0 saturated carbocycles. The zero-order valence-corrected chi connectivity index (χ0v) is 20.8. The Bertz CT molecular complexity index is 393. The molecule has 6 heteroatoms. The second kappa shape index (κ2) is 20.0. The molecule has 0 aliphatic carbocycles. The van der Waals surface area contributed by atoms with Crippen LogP contribution in [0.3, 0.4) is 0 Å². The average Bonchev–Trinajstić information content (AvgIpc) is 2.64. The van der Waals surface area contributed by atoms with E-state index in [9.17, 15) is 9.46 Å². The second-order valence-corrected chi connectivity index (χ2v) is 10.2. The van der Waals surface area contributed by atoms with E-state index in [1.54, 1.807) is 0 Å². The summed E-state index contributed by atoms with van der Waals surface area (Å²) in [5.41, 5.74) is 0. The monoisotopic (exact) mass is 435 g/mol. The highest BCUT2D eigenvalue weighted by molar-refractivity contribution is 7.45. The van der Waals surface area contributed by atoms with Crippen LogP contribution in [0.2, 0.25) is 0 Å². The molecule has 0 radical (unpaired) electrons.